The summed E-state index contributed by atoms with van der Waals surface area (Å²) >= 11 is 1.84. The minimum atomic E-state index is 0.425. The van der Waals surface area contributed by atoms with Gasteiger partial charge in [0.05, 0.1) is 0 Å². The molecule has 96 valence electrons. The van der Waals surface area contributed by atoms with Gasteiger partial charge in [-0.2, -0.15) is 0 Å². The van der Waals surface area contributed by atoms with E-state index in [2.05, 4.69) is 61.8 Å². The molecule has 1 unspecified atom stereocenters. The van der Waals surface area contributed by atoms with Crippen LogP contribution in [-0.4, -0.2) is 6.54 Å². The van der Waals surface area contributed by atoms with E-state index in [1.54, 1.807) is 0 Å². The Morgan fingerprint density at radius 1 is 1.22 bits per heavy atom. The number of hydrogen-bond donors (Lipinski definition) is 1. The molecule has 0 aliphatic rings. The van der Waals surface area contributed by atoms with E-state index >= 15 is 0 Å². The van der Waals surface area contributed by atoms with E-state index in [9.17, 15) is 0 Å². The molecule has 0 aliphatic heterocycles. The highest BCUT2D eigenvalue weighted by atomic mass is 32.1. The molecule has 0 radical (unpaired) electrons. The summed E-state index contributed by atoms with van der Waals surface area (Å²) in [5.41, 5.74) is 4.15. The van der Waals surface area contributed by atoms with Gasteiger partial charge in [0.1, 0.15) is 0 Å². The lowest BCUT2D eigenvalue weighted by Gasteiger charge is -2.20. The molecule has 0 saturated carbocycles. The molecule has 1 aromatic carbocycles. The van der Waals surface area contributed by atoms with Crippen molar-refractivity contribution in [3.63, 3.8) is 0 Å². The largest absolute Gasteiger partial charge is 0.310 e. The van der Waals surface area contributed by atoms with Crippen LogP contribution < -0.4 is 5.32 Å². The second kappa shape index (κ2) is 6.17. The van der Waals surface area contributed by atoms with Crippen molar-refractivity contribution in [3.8, 4) is 0 Å². The first-order chi connectivity index (χ1) is 8.70. The Morgan fingerprint density at radius 2 is 2.06 bits per heavy atom. The monoisotopic (exact) mass is 259 g/mol. The average molecular weight is 259 g/mol. The standard InChI is InChI=1S/C16H21NS/c1-4-17-16(11-14-6-5-9-18-14)15-8-7-12(2)10-13(15)3/h5-10,16-17H,4,11H2,1-3H3. The lowest BCUT2D eigenvalue weighted by atomic mass is 9.96. The molecule has 0 amide bonds. The third-order valence-corrected chi connectivity index (χ3v) is 4.14. The minimum Gasteiger partial charge on any atom is -0.310 e. The molecule has 1 aromatic heterocycles. The number of nitrogens with one attached hydrogen (secondary N) is 1. The summed E-state index contributed by atoms with van der Waals surface area (Å²) in [7, 11) is 0. The van der Waals surface area contributed by atoms with E-state index in [0.717, 1.165) is 13.0 Å². The molecule has 2 rings (SSSR count). The molecular weight excluding hydrogens is 238 g/mol. The van der Waals surface area contributed by atoms with Crippen LogP contribution >= 0.6 is 11.3 Å². The Bertz CT molecular complexity index is 488. The molecule has 18 heavy (non-hydrogen) atoms. The van der Waals surface area contributed by atoms with Gasteiger partial charge >= 0.3 is 0 Å². The molecule has 0 spiro atoms. The van der Waals surface area contributed by atoms with Gasteiger partial charge in [-0.1, -0.05) is 36.8 Å². The summed E-state index contributed by atoms with van der Waals surface area (Å²) in [6, 6.07) is 11.5. The maximum absolute atomic E-state index is 3.60. The van der Waals surface area contributed by atoms with Gasteiger partial charge in [-0.05, 0) is 43.0 Å². The van der Waals surface area contributed by atoms with Crippen molar-refractivity contribution >= 4 is 11.3 Å². The van der Waals surface area contributed by atoms with E-state index < -0.39 is 0 Å². The van der Waals surface area contributed by atoms with Gasteiger partial charge in [-0.15, -0.1) is 11.3 Å². The third kappa shape index (κ3) is 3.21. The normalized spacial score (nSPS) is 12.6. The van der Waals surface area contributed by atoms with Crippen LogP contribution in [-0.2, 0) is 6.42 Å². The lowest BCUT2D eigenvalue weighted by molar-refractivity contribution is 0.551. The summed E-state index contributed by atoms with van der Waals surface area (Å²) in [5, 5.41) is 5.76. The van der Waals surface area contributed by atoms with Crippen molar-refractivity contribution in [2.24, 2.45) is 0 Å². The van der Waals surface area contributed by atoms with Gasteiger partial charge in [-0.3, -0.25) is 0 Å². The molecule has 0 fully saturated rings. The quantitative estimate of drug-likeness (QED) is 0.846. The molecule has 1 atom stereocenters. The van der Waals surface area contributed by atoms with Gasteiger partial charge in [-0.25, -0.2) is 0 Å². The highest BCUT2D eigenvalue weighted by Gasteiger charge is 2.13. The van der Waals surface area contributed by atoms with Gasteiger partial charge in [0.2, 0.25) is 0 Å². The molecule has 0 aliphatic carbocycles. The van der Waals surface area contributed by atoms with Crippen LogP contribution in [0.15, 0.2) is 35.7 Å². The molecule has 1 heterocycles. The summed E-state index contributed by atoms with van der Waals surface area (Å²) in [6.45, 7) is 7.54. The van der Waals surface area contributed by atoms with E-state index in [0.29, 0.717) is 6.04 Å². The summed E-state index contributed by atoms with van der Waals surface area (Å²) < 4.78 is 0. The van der Waals surface area contributed by atoms with Gasteiger partial charge in [0, 0.05) is 17.3 Å². The molecule has 1 N–H and O–H groups in total. The Kier molecular flexibility index (Phi) is 4.56. The number of hydrogen-bond acceptors (Lipinski definition) is 2. The number of rotatable bonds is 5. The van der Waals surface area contributed by atoms with Crippen LogP contribution in [0, 0.1) is 13.8 Å². The van der Waals surface area contributed by atoms with Crippen molar-refractivity contribution in [1.82, 2.24) is 5.32 Å². The Labute approximate surface area is 114 Å². The number of benzene rings is 1. The van der Waals surface area contributed by atoms with Crippen LogP contribution in [0.2, 0.25) is 0 Å². The molecular formula is C16H21NS. The smallest absolute Gasteiger partial charge is 0.0371 e. The molecule has 2 aromatic rings. The van der Waals surface area contributed by atoms with E-state index in [4.69, 9.17) is 0 Å². The zero-order valence-electron chi connectivity index (χ0n) is 11.4. The Balaban J connectivity index is 2.23. The summed E-state index contributed by atoms with van der Waals surface area (Å²) in [6.07, 6.45) is 1.08. The second-order valence-corrected chi connectivity index (χ2v) is 5.79. The molecule has 1 nitrogen and oxygen atoms in total. The van der Waals surface area contributed by atoms with E-state index in [1.807, 2.05) is 11.3 Å². The summed E-state index contributed by atoms with van der Waals surface area (Å²) in [5.74, 6) is 0. The van der Waals surface area contributed by atoms with E-state index in [1.165, 1.54) is 21.6 Å². The van der Waals surface area contributed by atoms with Crippen molar-refractivity contribution in [2.45, 2.75) is 33.2 Å². The van der Waals surface area contributed by atoms with Crippen LogP contribution in [0.1, 0.15) is 34.5 Å². The van der Waals surface area contributed by atoms with Crippen LogP contribution in [0.3, 0.4) is 0 Å². The fourth-order valence-corrected chi connectivity index (χ4v) is 3.14. The number of thiophene rings is 1. The van der Waals surface area contributed by atoms with Gasteiger partial charge < -0.3 is 5.32 Å². The fraction of sp³-hybridized carbons (Fsp3) is 0.375. The maximum atomic E-state index is 3.60. The molecule has 0 saturated heterocycles. The van der Waals surface area contributed by atoms with Crippen LogP contribution in [0.4, 0.5) is 0 Å². The lowest BCUT2D eigenvalue weighted by Crippen LogP contribution is -2.23. The number of aryl methyl sites for hydroxylation is 2. The van der Waals surface area contributed by atoms with Crippen LogP contribution in [0.25, 0.3) is 0 Å². The van der Waals surface area contributed by atoms with Crippen LogP contribution in [0.5, 0.6) is 0 Å². The topological polar surface area (TPSA) is 12.0 Å². The predicted molar refractivity (Wildman–Crippen MR) is 80.4 cm³/mol. The average Bonchev–Trinajstić information content (AvgIpc) is 2.81. The third-order valence-electron chi connectivity index (χ3n) is 3.24. The SMILES string of the molecule is CCNC(Cc1cccs1)c1ccc(C)cc1C. The van der Waals surface area contributed by atoms with Crippen molar-refractivity contribution in [2.75, 3.05) is 6.54 Å². The fourth-order valence-electron chi connectivity index (χ4n) is 2.38. The minimum absolute atomic E-state index is 0.425. The van der Waals surface area contributed by atoms with Crippen molar-refractivity contribution < 1.29 is 0 Å². The molecule has 0 bridgehead atoms. The van der Waals surface area contributed by atoms with Crippen molar-refractivity contribution in [3.05, 3.63) is 57.3 Å². The zero-order chi connectivity index (χ0) is 13.0. The number of likely N-dealkylation sites (N-methyl/N-ethyl adjacent to an activating group) is 1. The first-order valence-electron chi connectivity index (χ1n) is 6.53. The van der Waals surface area contributed by atoms with Crippen molar-refractivity contribution in [1.29, 1.82) is 0 Å². The predicted octanol–water partition coefficient (Wildman–Crippen LogP) is 4.26. The second-order valence-electron chi connectivity index (χ2n) is 4.75. The highest BCUT2D eigenvalue weighted by molar-refractivity contribution is 7.09. The highest BCUT2D eigenvalue weighted by Crippen LogP contribution is 2.24. The first-order valence-corrected chi connectivity index (χ1v) is 7.41. The maximum Gasteiger partial charge on any atom is 0.0371 e. The van der Waals surface area contributed by atoms with Gasteiger partial charge in [0.25, 0.3) is 0 Å². The Morgan fingerprint density at radius 3 is 2.67 bits per heavy atom. The first kappa shape index (κ1) is 13.3. The zero-order valence-corrected chi connectivity index (χ0v) is 12.2. The summed E-state index contributed by atoms with van der Waals surface area (Å²) in [4.78, 5) is 1.45. The van der Waals surface area contributed by atoms with E-state index in [-0.39, 0.29) is 0 Å². The van der Waals surface area contributed by atoms with Gasteiger partial charge in [0.15, 0.2) is 0 Å². The Hall–Kier alpha value is -1.12. The molecule has 2 heteroatoms.